The van der Waals surface area contributed by atoms with Gasteiger partial charge in [0.2, 0.25) is 0 Å². The summed E-state index contributed by atoms with van der Waals surface area (Å²) in [6.07, 6.45) is 6.41. The second kappa shape index (κ2) is 3.82. The summed E-state index contributed by atoms with van der Waals surface area (Å²) in [5, 5.41) is 0. The summed E-state index contributed by atoms with van der Waals surface area (Å²) in [7, 11) is -1.33. The molecule has 18 heavy (non-hydrogen) atoms. The highest BCUT2D eigenvalue weighted by molar-refractivity contribution is 6.83. The summed E-state index contributed by atoms with van der Waals surface area (Å²) in [5.41, 5.74) is 4.80. The minimum Gasteiger partial charge on any atom is -0.354 e. The molecule has 1 aliphatic carbocycles. The quantitative estimate of drug-likeness (QED) is 0.571. The average molecular weight is 257 g/mol. The van der Waals surface area contributed by atoms with E-state index in [1.165, 1.54) is 12.8 Å². The van der Waals surface area contributed by atoms with Crippen molar-refractivity contribution in [2.24, 2.45) is 5.41 Å². The molecule has 0 unspecified atom stereocenters. The molecule has 1 aromatic rings. The minimum atomic E-state index is -1.33. The summed E-state index contributed by atoms with van der Waals surface area (Å²) in [6.45, 7) is 9.04. The Morgan fingerprint density at radius 2 is 1.94 bits per heavy atom. The Balaban J connectivity index is 1.74. The van der Waals surface area contributed by atoms with Crippen molar-refractivity contribution in [3.05, 3.63) is 18.1 Å². The third-order valence-electron chi connectivity index (χ3n) is 3.52. The third-order valence-corrected chi connectivity index (χ3v) is 4.40. The molecule has 3 rings (SSSR count). The molecule has 0 atom stereocenters. The van der Waals surface area contributed by atoms with Crippen molar-refractivity contribution in [1.82, 2.24) is 9.97 Å². The van der Waals surface area contributed by atoms with Gasteiger partial charge in [-0.1, -0.05) is 25.6 Å². The van der Waals surface area contributed by atoms with Gasteiger partial charge in [0.05, 0.1) is 12.4 Å². The molecule has 0 amide bonds. The highest BCUT2D eigenvalue weighted by Crippen LogP contribution is 2.53. The summed E-state index contributed by atoms with van der Waals surface area (Å²) < 4.78 is 0. The zero-order valence-electron chi connectivity index (χ0n) is 11.3. The number of anilines is 1. The van der Waals surface area contributed by atoms with Gasteiger partial charge in [0.25, 0.3) is 0 Å². The molecule has 1 saturated heterocycles. The van der Waals surface area contributed by atoms with Crippen molar-refractivity contribution >= 4 is 13.9 Å². The van der Waals surface area contributed by atoms with Gasteiger partial charge in [-0.05, 0) is 12.8 Å². The van der Waals surface area contributed by atoms with Crippen LogP contribution in [0.25, 0.3) is 0 Å². The molecule has 1 saturated carbocycles. The fourth-order valence-electron chi connectivity index (χ4n) is 2.24. The van der Waals surface area contributed by atoms with Crippen molar-refractivity contribution in [3.8, 4) is 11.5 Å². The molecule has 1 aliphatic heterocycles. The van der Waals surface area contributed by atoms with Crippen LogP contribution in [0.1, 0.15) is 18.5 Å². The fraction of sp³-hybridized carbons (Fsp3) is 0.571. The number of hydrogen-bond donors (Lipinski definition) is 0. The van der Waals surface area contributed by atoms with Crippen molar-refractivity contribution in [2.75, 3.05) is 18.0 Å². The smallest absolute Gasteiger partial charge is 0.148 e. The standard InChI is InChI=1S/C14H19N3Si/c1-18(2,3)7-4-12-8-15-9-13(16-12)17-10-14(11-17)5-6-14/h8-9H,5-6,10-11H2,1-3H3. The average Bonchev–Trinajstić information content (AvgIpc) is 3.04. The number of rotatable bonds is 1. The van der Waals surface area contributed by atoms with E-state index in [0.29, 0.717) is 5.41 Å². The first-order chi connectivity index (χ1) is 8.46. The van der Waals surface area contributed by atoms with E-state index in [1.807, 2.05) is 6.20 Å². The molecule has 2 aliphatic rings. The first-order valence-corrected chi connectivity index (χ1v) is 10.1. The third kappa shape index (κ3) is 2.41. The lowest BCUT2D eigenvalue weighted by Crippen LogP contribution is -2.48. The topological polar surface area (TPSA) is 29.0 Å². The number of aromatic nitrogens is 2. The largest absolute Gasteiger partial charge is 0.354 e. The van der Waals surface area contributed by atoms with E-state index >= 15 is 0 Å². The number of hydrogen-bond acceptors (Lipinski definition) is 3. The monoisotopic (exact) mass is 257 g/mol. The zero-order chi connectivity index (χ0) is 12.8. The highest BCUT2D eigenvalue weighted by Gasteiger charge is 2.52. The van der Waals surface area contributed by atoms with E-state index in [0.717, 1.165) is 24.6 Å². The van der Waals surface area contributed by atoms with Gasteiger partial charge in [-0.2, -0.15) is 0 Å². The second-order valence-corrected chi connectivity index (χ2v) is 11.4. The van der Waals surface area contributed by atoms with Crippen LogP contribution in [0.15, 0.2) is 12.4 Å². The van der Waals surface area contributed by atoms with Crippen molar-refractivity contribution in [3.63, 3.8) is 0 Å². The molecule has 0 bridgehead atoms. The Morgan fingerprint density at radius 1 is 1.22 bits per heavy atom. The van der Waals surface area contributed by atoms with Gasteiger partial charge in [-0.25, -0.2) is 4.98 Å². The summed E-state index contributed by atoms with van der Waals surface area (Å²) >= 11 is 0. The van der Waals surface area contributed by atoms with Crippen LogP contribution in [-0.4, -0.2) is 31.1 Å². The van der Waals surface area contributed by atoms with Crippen LogP contribution >= 0.6 is 0 Å². The first-order valence-electron chi connectivity index (χ1n) is 6.56. The molecule has 3 nitrogen and oxygen atoms in total. The second-order valence-electron chi connectivity index (χ2n) is 6.62. The Hall–Kier alpha value is -1.34. The molecule has 4 heteroatoms. The Labute approximate surface area is 110 Å². The molecule has 94 valence electrons. The first kappa shape index (κ1) is 11.7. The van der Waals surface area contributed by atoms with Crippen LogP contribution in [0, 0.1) is 16.9 Å². The maximum Gasteiger partial charge on any atom is 0.148 e. The van der Waals surface area contributed by atoms with Gasteiger partial charge < -0.3 is 4.90 Å². The van der Waals surface area contributed by atoms with Gasteiger partial charge in [-0.3, -0.25) is 4.98 Å². The van der Waals surface area contributed by atoms with E-state index in [1.54, 1.807) is 6.20 Å². The van der Waals surface area contributed by atoms with Gasteiger partial charge in [0.1, 0.15) is 19.6 Å². The molecule has 0 N–H and O–H groups in total. The summed E-state index contributed by atoms with van der Waals surface area (Å²) in [4.78, 5) is 11.2. The number of nitrogens with zero attached hydrogens (tertiary/aromatic N) is 3. The molecular formula is C14H19N3Si. The van der Waals surface area contributed by atoms with E-state index in [2.05, 4.69) is 46.0 Å². The molecule has 2 fully saturated rings. The lowest BCUT2D eigenvalue weighted by Gasteiger charge is -2.40. The predicted molar refractivity (Wildman–Crippen MR) is 76.1 cm³/mol. The summed E-state index contributed by atoms with van der Waals surface area (Å²) in [6, 6.07) is 0. The zero-order valence-corrected chi connectivity index (χ0v) is 12.3. The van der Waals surface area contributed by atoms with Crippen molar-refractivity contribution in [2.45, 2.75) is 32.5 Å². The van der Waals surface area contributed by atoms with Crippen molar-refractivity contribution in [1.29, 1.82) is 0 Å². The Bertz CT molecular complexity index is 524. The van der Waals surface area contributed by atoms with E-state index in [-0.39, 0.29) is 0 Å². The maximum absolute atomic E-state index is 4.60. The fourth-order valence-corrected chi connectivity index (χ4v) is 2.74. The van der Waals surface area contributed by atoms with Crippen LogP contribution in [0.5, 0.6) is 0 Å². The minimum absolute atomic E-state index is 0.654. The van der Waals surface area contributed by atoms with Gasteiger partial charge in [0, 0.05) is 18.5 Å². The van der Waals surface area contributed by atoms with E-state index in [9.17, 15) is 0 Å². The lowest BCUT2D eigenvalue weighted by atomic mass is 9.97. The van der Waals surface area contributed by atoms with Crippen LogP contribution in [0.2, 0.25) is 19.6 Å². The van der Waals surface area contributed by atoms with Crippen LogP contribution in [-0.2, 0) is 0 Å². The van der Waals surface area contributed by atoms with E-state index < -0.39 is 8.07 Å². The van der Waals surface area contributed by atoms with Crippen LogP contribution < -0.4 is 4.90 Å². The Kier molecular flexibility index (Phi) is 2.49. The molecule has 2 heterocycles. The van der Waals surface area contributed by atoms with E-state index in [4.69, 9.17) is 0 Å². The molecular weight excluding hydrogens is 238 g/mol. The molecule has 0 radical (unpaired) electrons. The van der Waals surface area contributed by atoms with Crippen molar-refractivity contribution < 1.29 is 0 Å². The normalized spacial score (nSPS) is 20.1. The SMILES string of the molecule is C[Si](C)(C)C#Cc1cncc(N2CC3(CC3)C2)n1. The molecule has 0 aromatic carbocycles. The van der Waals surface area contributed by atoms with Gasteiger partial charge >= 0.3 is 0 Å². The van der Waals surface area contributed by atoms with Gasteiger partial charge in [0.15, 0.2) is 0 Å². The van der Waals surface area contributed by atoms with Crippen LogP contribution in [0.3, 0.4) is 0 Å². The Morgan fingerprint density at radius 3 is 2.56 bits per heavy atom. The highest BCUT2D eigenvalue weighted by atomic mass is 28.3. The van der Waals surface area contributed by atoms with Gasteiger partial charge in [-0.15, -0.1) is 5.54 Å². The van der Waals surface area contributed by atoms with Crippen LogP contribution in [0.4, 0.5) is 5.82 Å². The predicted octanol–water partition coefficient (Wildman–Crippen LogP) is 2.31. The molecule has 1 aromatic heterocycles. The molecule has 1 spiro atoms. The summed E-state index contributed by atoms with van der Waals surface area (Å²) in [5.74, 6) is 4.17. The lowest BCUT2D eigenvalue weighted by molar-refractivity contribution is 0.384. The maximum atomic E-state index is 4.60.